The SMILES string of the molecule is CC(=O)C(O)c1cccc(OS(=O)(=O)c2ccccc2)c1. The van der Waals surface area contributed by atoms with Crippen molar-refractivity contribution in [2.75, 3.05) is 0 Å². The third-order valence-corrected chi connectivity index (χ3v) is 4.06. The van der Waals surface area contributed by atoms with Gasteiger partial charge in [-0.05, 0) is 36.8 Å². The summed E-state index contributed by atoms with van der Waals surface area (Å²) in [6.07, 6.45) is -1.30. The number of rotatable bonds is 5. The van der Waals surface area contributed by atoms with Crippen LogP contribution in [-0.2, 0) is 14.9 Å². The van der Waals surface area contributed by atoms with E-state index in [9.17, 15) is 18.3 Å². The first-order valence-electron chi connectivity index (χ1n) is 6.18. The van der Waals surface area contributed by atoms with Crippen molar-refractivity contribution in [3.8, 4) is 5.75 Å². The lowest BCUT2D eigenvalue weighted by Gasteiger charge is -2.10. The lowest BCUT2D eigenvalue weighted by molar-refractivity contribution is -0.125. The van der Waals surface area contributed by atoms with E-state index in [0.29, 0.717) is 0 Å². The van der Waals surface area contributed by atoms with Crippen molar-refractivity contribution in [3.05, 3.63) is 60.2 Å². The highest BCUT2D eigenvalue weighted by atomic mass is 32.2. The van der Waals surface area contributed by atoms with Gasteiger partial charge in [0.1, 0.15) is 16.7 Å². The number of aliphatic hydroxyl groups excluding tert-OH is 1. The zero-order chi connectivity index (χ0) is 15.5. The average molecular weight is 306 g/mol. The molecule has 0 amide bonds. The van der Waals surface area contributed by atoms with Crippen LogP contribution in [0.1, 0.15) is 18.6 Å². The number of hydrogen-bond donors (Lipinski definition) is 1. The second-order valence-corrected chi connectivity index (χ2v) is 5.98. The van der Waals surface area contributed by atoms with Crippen molar-refractivity contribution < 1.29 is 22.5 Å². The first-order valence-corrected chi connectivity index (χ1v) is 7.59. The molecule has 2 aromatic carbocycles. The molecule has 2 rings (SSSR count). The summed E-state index contributed by atoms with van der Waals surface area (Å²) in [6.45, 7) is 1.25. The molecule has 0 aliphatic carbocycles. The fraction of sp³-hybridized carbons (Fsp3) is 0.133. The summed E-state index contributed by atoms with van der Waals surface area (Å²) in [7, 11) is -3.94. The third-order valence-electron chi connectivity index (χ3n) is 2.80. The van der Waals surface area contributed by atoms with Crippen LogP contribution in [-0.4, -0.2) is 19.3 Å². The Morgan fingerprint density at radius 3 is 2.38 bits per heavy atom. The number of hydrogen-bond acceptors (Lipinski definition) is 5. The van der Waals surface area contributed by atoms with Crippen molar-refractivity contribution in [3.63, 3.8) is 0 Å². The Labute approximate surface area is 122 Å². The predicted octanol–water partition coefficient (Wildman–Crippen LogP) is 2.08. The molecule has 5 nitrogen and oxygen atoms in total. The molecule has 0 radical (unpaired) electrons. The molecule has 0 aliphatic heterocycles. The minimum absolute atomic E-state index is 0.0301. The molecular formula is C15H14O5S. The van der Waals surface area contributed by atoms with Crippen LogP contribution >= 0.6 is 0 Å². The maximum absolute atomic E-state index is 12.1. The normalized spacial score (nSPS) is 12.7. The zero-order valence-electron chi connectivity index (χ0n) is 11.3. The summed E-state index contributed by atoms with van der Waals surface area (Å²) >= 11 is 0. The number of carbonyl (C=O) groups excluding carboxylic acids is 1. The Balaban J connectivity index is 2.28. The lowest BCUT2D eigenvalue weighted by Crippen LogP contribution is -2.11. The number of benzene rings is 2. The fourth-order valence-electron chi connectivity index (χ4n) is 1.73. The second-order valence-electron chi connectivity index (χ2n) is 4.44. The number of Topliss-reactive ketones (excluding diaryl/α,β-unsaturated/α-hetero) is 1. The van der Waals surface area contributed by atoms with Crippen LogP contribution in [0.4, 0.5) is 0 Å². The summed E-state index contributed by atoms with van der Waals surface area (Å²) in [5, 5.41) is 9.68. The summed E-state index contributed by atoms with van der Waals surface area (Å²) in [6, 6.07) is 13.5. The third kappa shape index (κ3) is 3.68. The van der Waals surface area contributed by atoms with Gasteiger partial charge in [-0.15, -0.1) is 0 Å². The molecule has 0 bridgehead atoms. The highest BCUT2D eigenvalue weighted by Crippen LogP contribution is 2.23. The van der Waals surface area contributed by atoms with E-state index < -0.39 is 22.0 Å². The molecule has 6 heteroatoms. The molecule has 2 aromatic rings. The van der Waals surface area contributed by atoms with E-state index in [1.165, 1.54) is 43.3 Å². The monoisotopic (exact) mass is 306 g/mol. The average Bonchev–Trinajstić information content (AvgIpc) is 2.47. The van der Waals surface area contributed by atoms with Gasteiger partial charge in [0, 0.05) is 0 Å². The molecule has 1 atom stereocenters. The Kier molecular flexibility index (Phi) is 4.40. The van der Waals surface area contributed by atoms with E-state index in [-0.39, 0.29) is 16.2 Å². The van der Waals surface area contributed by atoms with Gasteiger partial charge in [-0.3, -0.25) is 4.79 Å². The van der Waals surface area contributed by atoms with Gasteiger partial charge in [0.25, 0.3) is 0 Å². The highest BCUT2D eigenvalue weighted by Gasteiger charge is 2.18. The van der Waals surface area contributed by atoms with Crippen molar-refractivity contribution in [2.45, 2.75) is 17.9 Å². The van der Waals surface area contributed by atoms with Crippen molar-refractivity contribution >= 4 is 15.9 Å². The second kappa shape index (κ2) is 6.07. The largest absolute Gasteiger partial charge is 0.381 e. The van der Waals surface area contributed by atoms with Crippen LogP contribution in [0.2, 0.25) is 0 Å². The minimum atomic E-state index is -3.94. The molecular weight excluding hydrogens is 292 g/mol. The van der Waals surface area contributed by atoms with E-state index in [4.69, 9.17) is 4.18 Å². The highest BCUT2D eigenvalue weighted by molar-refractivity contribution is 7.87. The molecule has 0 heterocycles. The van der Waals surface area contributed by atoms with Crippen molar-refractivity contribution in [2.24, 2.45) is 0 Å². The molecule has 110 valence electrons. The number of ketones is 1. The summed E-state index contributed by atoms with van der Waals surface area (Å²) in [5.41, 5.74) is 0.281. The standard InChI is InChI=1S/C15H14O5S/c1-11(16)15(17)12-6-5-7-13(10-12)20-21(18,19)14-8-3-2-4-9-14/h2-10,15,17H,1H3. The topological polar surface area (TPSA) is 80.7 Å². The summed E-state index contributed by atoms with van der Waals surface area (Å²) in [4.78, 5) is 11.2. The number of aliphatic hydroxyl groups is 1. The van der Waals surface area contributed by atoms with Gasteiger partial charge < -0.3 is 9.29 Å². The van der Waals surface area contributed by atoms with Crippen LogP contribution in [0, 0.1) is 0 Å². The van der Waals surface area contributed by atoms with E-state index in [2.05, 4.69) is 0 Å². The molecule has 0 aliphatic rings. The molecule has 0 spiro atoms. The van der Waals surface area contributed by atoms with Gasteiger partial charge in [0.2, 0.25) is 0 Å². The Hall–Kier alpha value is -2.18. The van der Waals surface area contributed by atoms with Gasteiger partial charge in [0.15, 0.2) is 5.78 Å². The predicted molar refractivity (Wildman–Crippen MR) is 76.3 cm³/mol. The van der Waals surface area contributed by atoms with Crippen LogP contribution < -0.4 is 4.18 Å². The molecule has 0 fully saturated rings. The fourth-order valence-corrected chi connectivity index (χ4v) is 2.68. The van der Waals surface area contributed by atoms with Gasteiger partial charge >= 0.3 is 10.1 Å². The van der Waals surface area contributed by atoms with Gasteiger partial charge in [0.05, 0.1) is 0 Å². The van der Waals surface area contributed by atoms with Gasteiger partial charge in [-0.25, -0.2) is 0 Å². The Morgan fingerprint density at radius 2 is 1.76 bits per heavy atom. The number of carbonyl (C=O) groups is 1. The van der Waals surface area contributed by atoms with E-state index in [0.717, 1.165) is 0 Å². The van der Waals surface area contributed by atoms with Crippen LogP contribution in [0.15, 0.2) is 59.5 Å². The van der Waals surface area contributed by atoms with Gasteiger partial charge in [-0.1, -0.05) is 30.3 Å². The maximum Gasteiger partial charge on any atom is 0.339 e. The molecule has 0 aromatic heterocycles. The molecule has 21 heavy (non-hydrogen) atoms. The first kappa shape index (κ1) is 15.2. The minimum Gasteiger partial charge on any atom is -0.381 e. The van der Waals surface area contributed by atoms with Crippen LogP contribution in [0.25, 0.3) is 0 Å². The first-order chi connectivity index (χ1) is 9.90. The van der Waals surface area contributed by atoms with E-state index >= 15 is 0 Å². The van der Waals surface area contributed by atoms with Crippen LogP contribution in [0.3, 0.4) is 0 Å². The van der Waals surface area contributed by atoms with Crippen molar-refractivity contribution in [1.29, 1.82) is 0 Å². The molecule has 1 unspecified atom stereocenters. The van der Waals surface area contributed by atoms with E-state index in [1.807, 2.05) is 0 Å². The maximum atomic E-state index is 12.1. The molecule has 0 saturated heterocycles. The van der Waals surface area contributed by atoms with Gasteiger partial charge in [-0.2, -0.15) is 8.42 Å². The molecule has 1 N–H and O–H groups in total. The zero-order valence-corrected chi connectivity index (χ0v) is 12.1. The molecule has 0 saturated carbocycles. The van der Waals surface area contributed by atoms with Crippen LogP contribution in [0.5, 0.6) is 5.75 Å². The summed E-state index contributed by atoms with van der Waals surface area (Å²) < 4.78 is 29.1. The Bertz CT molecular complexity index is 738. The van der Waals surface area contributed by atoms with Crippen molar-refractivity contribution in [1.82, 2.24) is 0 Å². The quantitative estimate of drug-likeness (QED) is 0.855. The Morgan fingerprint density at radius 1 is 1.10 bits per heavy atom. The lowest BCUT2D eigenvalue weighted by atomic mass is 10.1. The van der Waals surface area contributed by atoms with E-state index in [1.54, 1.807) is 18.2 Å². The summed E-state index contributed by atoms with van der Waals surface area (Å²) in [5.74, 6) is -0.394. The smallest absolute Gasteiger partial charge is 0.339 e.